The molecule has 1 aromatic heterocycles. The smallest absolute Gasteiger partial charge is 0.319 e. The van der Waals surface area contributed by atoms with E-state index in [0.29, 0.717) is 30.6 Å². The van der Waals surface area contributed by atoms with Gasteiger partial charge in [-0.25, -0.2) is 4.79 Å². The predicted octanol–water partition coefficient (Wildman–Crippen LogP) is 2.62. The van der Waals surface area contributed by atoms with Crippen LogP contribution in [0, 0.1) is 0 Å². The third kappa shape index (κ3) is 5.75. The molecule has 6 N–H and O–H groups in total. The third-order valence-corrected chi connectivity index (χ3v) is 4.32. The molecular formula is C20H29N5O3. The number of nitrogens with one attached hydrogen (secondary N) is 2. The predicted molar refractivity (Wildman–Crippen MR) is 111 cm³/mol. The molecule has 0 spiro atoms. The normalized spacial score (nSPS) is 11.8. The Hall–Kier alpha value is -3.00. The molecular weight excluding hydrogens is 358 g/mol. The summed E-state index contributed by atoms with van der Waals surface area (Å²) in [5.74, 6) is -0.807. The van der Waals surface area contributed by atoms with Crippen molar-refractivity contribution in [3.8, 4) is 0 Å². The van der Waals surface area contributed by atoms with Crippen LogP contribution < -0.4 is 22.1 Å². The van der Waals surface area contributed by atoms with E-state index in [2.05, 4.69) is 22.5 Å². The van der Waals surface area contributed by atoms with Crippen LogP contribution >= 0.6 is 0 Å². The lowest BCUT2D eigenvalue weighted by Gasteiger charge is -2.20. The maximum absolute atomic E-state index is 12.3. The lowest BCUT2D eigenvalue weighted by molar-refractivity contribution is 0.0977. The first kappa shape index (κ1) is 21.3. The fraction of sp³-hybridized carbons (Fsp3) is 0.400. The molecule has 8 heteroatoms. The number of urea groups is 1. The van der Waals surface area contributed by atoms with E-state index in [-0.39, 0.29) is 11.4 Å². The number of rotatable bonds is 10. The Balaban J connectivity index is 1.93. The van der Waals surface area contributed by atoms with Crippen LogP contribution in [0.4, 0.5) is 10.5 Å². The number of benzene rings is 1. The van der Waals surface area contributed by atoms with Gasteiger partial charge in [0.2, 0.25) is 5.76 Å². The number of nitrogens with zero attached hydrogens (tertiary/aromatic N) is 1. The summed E-state index contributed by atoms with van der Waals surface area (Å²) in [6, 6.07) is 6.60. The highest BCUT2D eigenvalue weighted by molar-refractivity contribution is 6.10. The molecule has 0 fully saturated rings. The van der Waals surface area contributed by atoms with E-state index in [9.17, 15) is 9.59 Å². The second kappa shape index (κ2) is 10.4. The van der Waals surface area contributed by atoms with Crippen molar-refractivity contribution in [2.45, 2.75) is 26.7 Å². The average molecular weight is 387 g/mol. The Morgan fingerprint density at radius 1 is 1.21 bits per heavy atom. The van der Waals surface area contributed by atoms with Crippen LogP contribution in [0.2, 0.25) is 0 Å². The van der Waals surface area contributed by atoms with Gasteiger partial charge < -0.3 is 26.5 Å². The zero-order valence-electron chi connectivity index (χ0n) is 16.5. The van der Waals surface area contributed by atoms with Crippen molar-refractivity contribution in [2.75, 3.05) is 31.5 Å². The van der Waals surface area contributed by atoms with Gasteiger partial charge in [-0.1, -0.05) is 38.5 Å². The minimum absolute atomic E-state index is 0.0691. The van der Waals surface area contributed by atoms with E-state index >= 15 is 0 Å². The number of likely N-dealkylation sites (N-methyl/N-ethyl adjacent to an activating group) is 1. The summed E-state index contributed by atoms with van der Waals surface area (Å²) < 4.78 is 5.45. The molecule has 0 saturated heterocycles. The summed E-state index contributed by atoms with van der Waals surface area (Å²) in [6.45, 7) is 6.72. The van der Waals surface area contributed by atoms with Crippen molar-refractivity contribution in [1.82, 2.24) is 10.2 Å². The first-order valence-corrected chi connectivity index (χ1v) is 9.49. The molecule has 0 atom stereocenters. The highest BCUT2D eigenvalue weighted by Crippen LogP contribution is 2.30. The summed E-state index contributed by atoms with van der Waals surface area (Å²) >= 11 is 0. The Morgan fingerprint density at radius 2 is 1.96 bits per heavy atom. The highest BCUT2D eigenvalue weighted by atomic mass is 16.3. The third-order valence-electron chi connectivity index (χ3n) is 4.32. The minimum Gasteiger partial charge on any atom is -0.449 e. The van der Waals surface area contributed by atoms with Crippen molar-refractivity contribution < 1.29 is 14.0 Å². The molecule has 0 aliphatic rings. The largest absolute Gasteiger partial charge is 0.449 e. The van der Waals surface area contributed by atoms with E-state index in [1.165, 1.54) is 0 Å². The van der Waals surface area contributed by atoms with Crippen molar-refractivity contribution >= 4 is 28.6 Å². The Morgan fingerprint density at radius 3 is 2.64 bits per heavy atom. The van der Waals surface area contributed by atoms with Crippen LogP contribution in [0.1, 0.15) is 37.2 Å². The maximum atomic E-state index is 12.3. The van der Waals surface area contributed by atoms with Gasteiger partial charge in [0.15, 0.2) is 0 Å². The molecule has 0 aliphatic carbocycles. The SMILES string of the molecule is CCC/C=C(\N)CN(CC)CCNC(=O)Nc1c(C(N)=O)oc2ccccc12. The van der Waals surface area contributed by atoms with Crippen LogP contribution in [0.3, 0.4) is 0 Å². The molecule has 8 nitrogen and oxygen atoms in total. The molecule has 0 radical (unpaired) electrons. The number of nitrogens with two attached hydrogens (primary N) is 2. The number of allylic oxidation sites excluding steroid dienone is 1. The average Bonchev–Trinajstić information content (AvgIpc) is 3.04. The number of primary amides is 1. The van der Waals surface area contributed by atoms with Gasteiger partial charge in [-0.05, 0) is 25.1 Å². The number of fused-ring (bicyclic) bond motifs is 1. The molecule has 28 heavy (non-hydrogen) atoms. The number of carbonyl (C=O) groups is 2. The lowest BCUT2D eigenvalue weighted by Crippen LogP contribution is -2.38. The Kier molecular flexibility index (Phi) is 7.88. The Labute approximate surface area is 164 Å². The standard InChI is InChI=1S/C20H29N5O3/c1-3-5-8-14(21)13-25(4-2)12-11-23-20(27)24-17-15-9-6-7-10-16(15)28-18(17)19(22)26/h6-10H,3-5,11-13,21H2,1-2H3,(H2,22,26)(H2,23,24,27)/b14-8-. The minimum atomic E-state index is -0.738. The van der Waals surface area contributed by atoms with Crippen molar-refractivity contribution in [3.05, 3.63) is 41.8 Å². The summed E-state index contributed by atoms with van der Waals surface area (Å²) in [5.41, 5.74) is 13.0. The zero-order chi connectivity index (χ0) is 20.5. The number of amides is 3. The maximum Gasteiger partial charge on any atom is 0.319 e. The van der Waals surface area contributed by atoms with Gasteiger partial charge in [0.1, 0.15) is 11.3 Å². The number of unbranched alkanes of at least 4 members (excludes halogenated alkanes) is 1. The molecule has 0 bridgehead atoms. The number of hydrogen-bond donors (Lipinski definition) is 4. The Bertz CT molecular complexity index is 843. The molecule has 152 valence electrons. The fourth-order valence-corrected chi connectivity index (χ4v) is 2.83. The number of carbonyl (C=O) groups excluding carboxylic acids is 2. The van der Waals surface area contributed by atoms with E-state index in [4.69, 9.17) is 15.9 Å². The van der Waals surface area contributed by atoms with E-state index in [1.54, 1.807) is 24.3 Å². The van der Waals surface area contributed by atoms with Gasteiger partial charge in [-0.3, -0.25) is 9.69 Å². The van der Waals surface area contributed by atoms with Crippen LogP contribution in [-0.2, 0) is 0 Å². The zero-order valence-corrected chi connectivity index (χ0v) is 16.5. The molecule has 1 heterocycles. The van der Waals surface area contributed by atoms with Gasteiger partial charge in [-0.15, -0.1) is 0 Å². The van der Waals surface area contributed by atoms with E-state index in [0.717, 1.165) is 25.1 Å². The van der Waals surface area contributed by atoms with Gasteiger partial charge in [0, 0.05) is 30.7 Å². The second-order valence-corrected chi connectivity index (χ2v) is 6.48. The van der Waals surface area contributed by atoms with Gasteiger partial charge in [0.05, 0.1) is 0 Å². The van der Waals surface area contributed by atoms with E-state index in [1.807, 2.05) is 13.0 Å². The molecule has 2 rings (SSSR count). The summed E-state index contributed by atoms with van der Waals surface area (Å²) in [7, 11) is 0. The number of furan rings is 1. The molecule has 1 aromatic carbocycles. The summed E-state index contributed by atoms with van der Waals surface area (Å²) in [4.78, 5) is 26.1. The van der Waals surface area contributed by atoms with Crippen LogP contribution in [0.5, 0.6) is 0 Å². The monoisotopic (exact) mass is 387 g/mol. The topological polar surface area (TPSA) is 127 Å². The van der Waals surface area contributed by atoms with Crippen LogP contribution in [0.15, 0.2) is 40.5 Å². The lowest BCUT2D eigenvalue weighted by atomic mass is 10.2. The van der Waals surface area contributed by atoms with Crippen molar-refractivity contribution in [2.24, 2.45) is 11.5 Å². The number of para-hydroxylation sites is 1. The number of hydrogen-bond acceptors (Lipinski definition) is 5. The van der Waals surface area contributed by atoms with E-state index < -0.39 is 11.9 Å². The fourth-order valence-electron chi connectivity index (χ4n) is 2.83. The van der Waals surface area contributed by atoms with Gasteiger partial charge >= 0.3 is 6.03 Å². The van der Waals surface area contributed by atoms with Crippen LogP contribution in [-0.4, -0.2) is 43.0 Å². The highest BCUT2D eigenvalue weighted by Gasteiger charge is 2.20. The number of anilines is 1. The first-order valence-electron chi connectivity index (χ1n) is 9.49. The first-order chi connectivity index (χ1) is 13.5. The molecule has 3 amide bonds. The summed E-state index contributed by atoms with van der Waals surface area (Å²) in [6.07, 6.45) is 4.06. The molecule has 0 saturated carbocycles. The van der Waals surface area contributed by atoms with Crippen molar-refractivity contribution in [1.29, 1.82) is 0 Å². The molecule has 2 aromatic rings. The van der Waals surface area contributed by atoms with Gasteiger partial charge in [-0.2, -0.15) is 0 Å². The summed E-state index contributed by atoms with van der Waals surface area (Å²) in [5, 5.41) is 6.08. The molecule has 0 unspecified atom stereocenters. The second-order valence-electron chi connectivity index (χ2n) is 6.48. The van der Waals surface area contributed by atoms with Gasteiger partial charge in [0.25, 0.3) is 5.91 Å². The molecule has 0 aliphatic heterocycles. The van der Waals surface area contributed by atoms with Crippen LogP contribution in [0.25, 0.3) is 11.0 Å². The van der Waals surface area contributed by atoms with Crippen molar-refractivity contribution in [3.63, 3.8) is 0 Å². The quantitative estimate of drug-likeness (QED) is 0.498.